The fourth-order valence-corrected chi connectivity index (χ4v) is 11.5. The zero-order chi connectivity index (χ0) is 70.1. The summed E-state index contributed by atoms with van der Waals surface area (Å²) in [6, 6.07) is 4.51. The minimum atomic E-state index is -1.64. The summed E-state index contributed by atoms with van der Waals surface area (Å²) in [5.41, 5.74) is 40.6. The Morgan fingerprint density at radius 3 is 1.51 bits per heavy atom. The summed E-state index contributed by atoms with van der Waals surface area (Å²) in [4.78, 5) is 185. The van der Waals surface area contributed by atoms with Gasteiger partial charge in [0, 0.05) is 45.3 Å². The molecule has 13 amide bonds. The molecule has 0 unspecified atom stereocenters. The van der Waals surface area contributed by atoms with E-state index in [1.165, 1.54) is 21.6 Å². The first-order chi connectivity index (χ1) is 45.2. The van der Waals surface area contributed by atoms with Gasteiger partial charge in [-0.15, -0.1) is 0 Å². The molecule has 22 N–H and O–H groups in total. The Bertz CT molecular complexity index is 2960. The summed E-state index contributed by atoms with van der Waals surface area (Å²) in [7, 11) is 0. The van der Waals surface area contributed by atoms with E-state index in [1.54, 1.807) is 60.7 Å². The molecule has 0 aliphatic carbocycles. The van der Waals surface area contributed by atoms with Crippen LogP contribution in [0.1, 0.15) is 121 Å². The van der Waals surface area contributed by atoms with Gasteiger partial charge >= 0.3 is 0 Å². The van der Waals surface area contributed by atoms with Gasteiger partial charge < -0.3 is 92.5 Å². The number of benzene rings is 2. The Morgan fingerprint density at radius 1 is 0.537 bits per heavy atom. The summed E-state index contributed by atoms with van der Waals surface area (Å²) in [6.45, 7) is 3.86. The molecule has 2 aliphatic rings. The van der Waals surface area contributed by atoms with E-state index >= 15 is 0 Å². The first-order valence-corrected chi connectivity index (χ1v) is 33.6. The van der Waals surface area contributed by atoms with Gasteiger partial charge in [0.15, 0.2) is 5.96 Å². The number of thioether (sulfide) groups is 1. The van der Waals surface area contributed by atoms with Crippen LogP contribution in [0.25, 0.3) is 0 Å². The molecule has 2 heterocycles. The van der Waals surface area contributed by atoms with Gasteiger partial charge in [-0.3, -0.25) is 67.3 Å². The molecule has 524 valence electrons. The Hall–Kier alpha value is -8.91. The zero-order valence-electron chi connectivity index (χ0n) is 54.5. The topological polar surface area (TPSA) is 519 Å². The average molecular weight is 1350 g/mol. The molecule has 2 aromatic carbocycles. The number of hydrogen-bond acceptors (Lipinski definition) is 17. The molecule has 32 heteroatoms. The van der Waals surface area contributed by atoms with Crippen molar-refractivity contribution >= 4 is 94.5 Å². The quantitative estimate of drug-likeness (QED) is 0.0173. The summed E-state index contributed by atoms with van der Waals surface area (Å²) in [5, 5.41) is 21.1. The Morgan fingerprint density at radius 2 is 1.01 bits per heavy atom. The third-order valence-corrected chi connectivity index (χ3v) is 16.7. The monoisotopic (exact) mass is 1350 g/mol. The van der Waals surface area contributed by atoms with E-state index in [0.29, 0.717) is 55.4 Å². The molecule has 0 radical (unpaired) electrons. The van der Waals surface area contributed by atoms with Gasteiger partial charge in [0.2, 0.25) is 76.8 Å². The van der Waals surface area contributed by atoms with E-state index in [0.717, 1.165) is 0 Å². The normalized spacial score (nSPS) is 16.8. The number of primary amides is 3. The van der Waals surface area contributed by atoms with Crippen LogP contribution in [0.3, 0.4) is 0 Å². The second kappa shape index (κ2) is 41.0. The number of nitrogens with one attached hydrogen (secondary N) is 8. The number of unbranched alkanes of at least 4 members (excludes halogenated alkanes) is 1. The van der Waals surface area contributed by atoms with Crippen molar-refractivity contribution in [1.82, 2.24) is 52.3 Å². The molecule has 0 bridgehead atoms. The largest absolute Gasteiger partial charge is 0.370 e. The van der Waals surface area contributed by atoms with Gasteiger partial charge in [0.05, 0.1) is 12.6 Å². The molecular formula is C63H98N18O13S. The predicted molar refractivity (Wildman–Crippen MR) is 356 cm³/mol. The van der Waals surface area contributed by atoms with E-state index < -0.39 is 169 Å². The van der Waals surface area contributed by atoms with Crippen LogP contribution in [0, 0.1) is 5.92 Å². The SMILES string of the molecule is CSCC[C@H](NC(=O)[C@H](CC(C)C)NC(=O)CNC(=O)[C@H](Cc1ccccc1)NC(=O)[C@@H](Cc1ccccc1)NC(=O)[C@@H](CCC(N)=O)NC(=O)[C@@H](CCC(N)=O)NC(=O)[C@H]1CCCN1C(=O)[C@@H](CCCCN)NC(=O)[C@H]1CCCN1C(=O)[C@@H](N)CCCN=C(N)N)C(N)=O. The van der Waals surface area contributed by atoms with E-state index in [-0.39, 0.29) is 83.0 Å². The number of carbonyl (C=O) groups is 13. The predicted octanol–water partition coefficient (Wildman–Crippen LogP) is -3.71. The minimum absolute atomic E-state index is 0.0736. The van der Waals surface area contributed by atoms with E-state index in [9.17, 15) is 62.3 Å². The second-order valence-electron chi connectivity index (χ2n) is 24.1. The molecule has 2 fully saturated rings. The Kier molecular flexibility index (Phi) is 33.9. The van der Waals surface area contributed by atoms with Crippen LogP contribution >= 0.6 is 11.8 Å². The summed E-state index contributed by atoms with van der Waals surface area (Å²) in [5.74, 6) is -9.80. The van der Waals surface area contributed by atoms with Gasteiger partial charge in [-0.1, -0.05) is 74.5 Å². The van der Waals surface area contributed by atoms with Crippen molar-refractivity contribution < 1.29 is 62.3 Å². The molecular weight excluding hydrogens is 1250 g/mol. The lowest BCUT2D eigenvalue weighted by atomic mass is 10.0. The Balaban J connectivity index is 1.56. The molecule has 0 aromatic heterocycles. The van der Waals surface area contributed by atoms with Gasteiger partial charge in [-0.05, 0) is 119 Å². The maximum Gasteiger partial charge on any atom is 0.245 e. The smallest absolute Gasteiger partial charge is 0.245 e. The number of guanidine groups is 1. The maximum atomic E-state index is 14.7. The summed E-state index contributed by atoms with van der Waals surface area (Å²) >= 11 is 1.45. The van der Waals surface area contributed by atoms with Crippen LogP contribution in [0.5, 0.6) is 0 Å². The van der Waals surface area contributed by atoms with E-state index in [4.69, 9.17) is 40.1 Å². The lowest BCUT2D eigenvalue weighted by Crippen LogP contribution is -2.60. The zero-order valence-corrected chi connectivity index (χ0v) is 55.3. The van der Waals surface area contributed by atoms with Crippen molar-refractivity contribution in [1.29, 1.82) is 0 Å². The minimum Gasteiger partial charge on any atom is -0.370 e. The summed E-state index contributed by atoms with van der Waals surface area (Å²) < 4.78 is 0. The lowest BCUT2D eigenvalue weighted by Gasteiger charge is -2.32. The van der Waals surface area contributed by atoms with Crippen LogP contribution in [0.15, 0.2) is 65.7 Å². The van der Waals surface area contributed by atoms with Crippen LogP contribution in [-0.2, 0) is 75.2 Å². The van der Waals surface area contributed by atoms with Crippen LogP contribution in [0.2, 0.25) is 0 Å². The van der Waals surface area contributed by atoms with E-state index in [2.05, 4.69) is 47.5 Å². The van der Waals surface area contributed by atoms with Crippen molar-refractivity contribution in [2.75, 3.05) is 44.7 Å². The van der Waals surface area contributed by atoms with Crippen molar-refractivity contribution in [2.45, 2.75) is 183 Å². The van der Waals surface area contributed by atoms with Gasteiger partial charge in [0.25, 0.3) is 0 Å². The number of nitrogens with zero attached hydrogens (tertiary/aromatic N) is 3. The third-order valence-electron chi connectivity index (χ3n) is 16.0. The number of hydrogen-bond donors (Lipinski definition) is 15. The maximum absolute atomic E-state index is 14.7. The number of aliphatic imine (C=N–C) groups is 1. The van der Waals surface area contributed by atoms with Crippen LogP contribution in [0.4, 0.5) is 0 Å². The average Bonchev–Trinajstić information content (AvgIpc) is 1.74. The van der Waals surface area contributed by atoms with Crippen molar-refractivity contribution in [3.63, 3.8) is 0 Å². The van der Waals surface area contributed by atoms with Crippen molar-refractivity contribution in [3.8, 4) is 0 Å². The highest BCUT2D eigenvalue weighted by Gasteiger charge is 2.42. The standard InChI is InChI=1S/C63H98N18O13S/c1-37(2)33-45(57(89)74-41(53(68)85)27-32-95-3)73-52(84)36-72-54(86)46(34-38-15-6-4-7-16-38)78-58(90)47(35-39-17-8-5-9-18-39)79-56(88)42(23-25-50(66)82)75-55(87)43(24-26-51(67)83)76-59(91)49-22-14-31-81(49)62(94)44(20-10-11-28-64)77-60(92)48-21-13-30-80(48)61(93)40(65)19-12-29-71-63(69)70/h4-9,15-18,37,40-49H,10-14,19-36,64-65H2,1-3H3,(H2,66,82)(H2,67,83)(H2,68,85)(H,72,86)(H,73,84)(H,74,89)(H,75,87)(H,76,91)(H,77,92)(H,78,90)(H,79,88)(H4,69,70,71)/t40-,41-,42+,43+,44+,45-,46-,47+,48+,49+/m0/s1. The fourth-order valence-electron chi connectivity index (χ4n) is 11.0. The fraction of sp³-hybridized carbons (Fsp3) is 0.587. The molecule has 0 spiro atoms. The number of amides is 13. The molecule has 2 saturated heterocycles. The highest BCUT2D eigenvalue weighted by Crippen LogP contribution is 2.24. The first kappa shape index (κ1) is 78.5. The van der Waals surface area contributed by atoms with Gasteiger partial charge in [-0.2, -0.15) is 11.8 Å². The number of nitrogens with two attached hydrogens (primary N) is 7. The van der Waals surface area contributed by atoms with Gasteiger partial charge in [-0.25, -0.2) is 0 Å². The van der Waals surface area contributed by atoms with Crippen molar-refractivity contribution in [2.24, 2.45) is 51.0 Å². The van der Waals surface area contributed by atoms with Crippen LogP contribution in [-0.4, -0.2) is 198 Å². The highest BCUT2D eigenvalue weighted by atomic mass is 32.2. The highest BCUT2D eigenvalue weighted by molar-refractivity contribution is 7.98. The van der Waals surface area contributed by atoms with Crippen LogP contribution < -0.4 is 82.7 Å². The molecule has 31 nitrogen and oxygen atoms in total. The Labute approximate surface area is 558 Å². The molecule has 2 aromatic rings. The lowest BCUT2D eigenvalue weighted by molar-refractivity contribution is -0.144. The third kappa shape index (κ3) is 27.5. The van der Waals surface area contributed by atoms with Crippen molar-refractivity contribution in [3.05, 3.63) is 71.8 Å². The number of likely N-dealkylation sites (tertiary alicyclic amines) is 2. The molecule has 0 saturated carbocycles. The molecule has 4 rings (SSSR count). The molecule has 2 aliphatic heterocycles. The number of carbonyl (C=O) groups excluding carboxylic acids is 13. The number of rotatable bonds is 42. The second-order valence-corrected chi connectivity index (χ2v) is 25.1. The van der Waals surface area contributed by atoms with Gasteiger partial charge in [0.1, 0.15) is 54.4 Å². The molecule has 95 heavy (non-hydrogen) atoms. The first-order valence-electron chi connectivity index (χ1n) is 32.2. The van der Waals surface area contributed by atoms with E-state index in [1.807, 2.05) is 20.1 Å². The summed E-state index contributed by atoms with van der Waals surface area (Å²) in [6.07, 6.45) is 3.12. The molecule has 10 atom stereocenters.